The van der Waals surface area contributed by atoms with E-state index in [9.17, 15) is 9.59 Å². The Morgan fingerprint density at radius 1 is 0.938 bits per heavy atom. The number of esters is 2. The van der Waals surface area contributed by atoms with Crippen LogP contribution >= 0.6 is 0 Å². The topological polar surface area (TPSA) is 52.6 Å². The maximum Gasteiger partial charge on any atom is 0.338 e. The van der Waals surface area contributed by atoms with Crippen LogP contribution in [-0.4, -0.2) is 24.1 Å². The zero-order valence-electron chi connectivity index (χ0n) is 19.6. The molecule has 3 fully saturated rings. The minimum Gasteiger partial charge on any atom is -0.462 e. The first-order valence-corrected chi connectivity index (χ1v) is 12.4. The van der Waals surface area contributed by atoms with Crippen LogP contribution in [-0.2, 0) is 14.3 Å². The number of ether oxygens (including phenoxy) is 2. The monoisotopic (exact) mass is 436 g/mol. The third kappa shape index (κ3) is 3.50. The third-order valence-corrected chi connectivity index (χ3v) is 9.56. The molecule has 4 nitrogen and oxygen atoms in total. The number of hydrogen-bond acceptors (Lipinski definition) is 4. The van der Waals surface area contributed by atoms with Gasteiger partial charge in [0.15, 0.2) is 0 Å². The molecule has 4 heteroatoms. The molecule has 4 aliphatic carbocycles. The molecular weight excluding hydrogens is 400 g/mol. The zero-order chi connectivity index (χ0) is 22.5. The van der Waals surface area contributed by atoms with Gasteiger partial charge < -0.3 is 9.47 Å². The summed E-state index contributed by atoms with van der Waals surface area (Å²) in [5, 5.41) is 0. The van der Waals surface area contributed by atoms with E-state index in [1.165, 1.54) is 18.9 Å². The van der Waals surface area contributed by atoms with E-state index in [4.69, 9.17) is 9.47 Å². The highest BCUT2D eigenvalue weighted by Crippen LogP contribution is 2.65. The van der Waals surface area contributed by atoms with Crippen molar-refractivity contribution in [3.05, 3.63) is 47.5 Å². The Labute approximate surface area is 191 Å². The molecule has 0 amide bonds. The predicted octanol–water partition coefficient (Wildman–Crippen LogP) is 6.11. The molecule has 0 unspecified atom stereocenters. The molecule has 7 atom stereocenters. The van der Waals surface area contributed by atoms with E-state index in [2.05, 4.69) is 19.9 Å². The smallest absolute Gasteiger partial charge is 0.338 e. The highest BCUT2D eigenvalue weighted by atomic mass is 16.5. The van der Waals surface area contributed by atoms with E-state index < -0.39 is 0 Å². The van der Waals surface area contributed by atoms with Crippen LogP contribution < -0.4 is 0 Å². The van der Waals surface area contributed by atoms with Gasteiger partial charge in [0.2, 0.25) is 0 Å². The summed E-state index contributed by atoms with van der Waals surface area (Å²) >= 11 is 0. The molecule has 0 aliphatic heterocycles. The molecule has 3 saturated carbocycles. The number of rotatable bonds is 3. The second-order valence-corrected chi connectivity index (χ2v) is 11.1. The van der Waals surface area contributed by atoms with Gasteiger partial charge in [-0.3, -0.25) is 4.79 Å². The second-order valence-electron chi connectivity index (χ2n) is 11.1. The molecule has 4 aliphatic rings. The molecule has 0 aromatic heterocycles. The Kier molecular flexibility index (Phi) is 5.46. The normalized spacial score (nSPS) is 40.3. The van der Waals surface area contributed by atoms with Crippen molar-refractivity contribution in [2.45, 2.75) is 84.3 Å². The average Bonchev–Trinajstić information content (AvgIpc) is 3.10. The predicted molar refractivity (Wildman–Crippen MR) is 123 cm³/mol. The van der Waals surface area contributed by atoms with Crippen LogP contribution in [0.5, 0.6) is 0 Å². The standard InChI is InChI=1S/C28H36O4/c1-18(29)31-21-13-15-27(2)20(17-21)9-10-22-23-11-12-25(28(23,3)16-14-24(22)27)32-26(30)19-7-5-4-6-8-19/h4-9,21-25H,10-17H2,1-3H3/t21-,22-,23+,24-,25+,27+,28+/m1/s1. The molecule has 0 bridgehead atoms. The lowest BCUT2D eigenvalue weighted by molar-refractivity contribution is -0.148. The Morgan fingerprint density at radius 3 is 2.47 bits per heavy atom. The van der Waals surface area contributed by atoms with Crippen LogP contribution in [0.2, 0.25) is 0 Å². The van der Waals surface area contributed by atoms with Crippen molar-refractivity contribution in [3.8, 4) is 0 Å². The first-order chi connectivity index (χ1) is 15.3. The highest BCUT2D eigenvalue weighted by molar-refractivity contribution is 5.89. The van der Waals surface area contributed by atoms with Crippen LogP contribution in [0.3, 0.4) is 0 Å². The Bertz CT molecular complexity index is 921. The number of carbonyl (C=O) groups is 2. The van der Waals surface area contributed by atoms with E-state index in [-0.39, 0.29) is 35.0 Å². The van der Waals surface area contributed by atoms with Crippen LogP contribution in [0.1, 0.15) is 82.5 Å². The van der Waals surface area contributed by atoms with Crippen LogP contribution in [0, 0.1) is 28.6 Å². The summed E-state index contributed by atoms with van der Waals surface area (Å²) in [6, 6.07) is 9.40. The first-order valence-electron chi connectivity index (χ1n) is 12.4. The largest absolute Gasteiger partial charge is 0.462 e. The van der Waals surface area contributed by atoms with Crippen LogP contribution in [0.4, 0.5) is 0 Å². The lowest BCUT2D eigenvalue weighted by atomic mass is 9.48. The molecule has 0 heterocycles. The molecule has 0 spiro atoms. The van der Waals surface area contributed by atoms with Gasteiger partial charge in [-0.1, -0.05) is 43.7 Å². The summed E-state index contributed by atoms with van der Waals surface area (Å²) in [5.41, 5.74) is 2.46. The molecule has 32 heavy (non-hydrogen) atoms. The molecule has 5 rings (SSSR count). The van der Waals surface area contributed by atoms with Gasteiger partial charge >= 0.3 is 11.9 Å². The number of allylic oxidation sites excluding steroid dienone is 1. The minimum absolute atomic E-state index is 0.0130. The molecule has 1 aromatic carbocycles. The van der Waals surface area contributed by atoms with Crippen molar-refractivity contribution in [1.82, 2.24) is 0 Å². The number of hydrogen-bond donors (Lipinski definition) is 0. The van der Waals surface area contributed by atoms with E-state index >= 15 is 0 Å². The third-order valence-electron chi connectivity index (χ3n) is 9.56. The quantitative estimate of drug-likeness (QED) is 0.424. The van der Waals surface area contributed by atoms with Gasteiger partial charge in [-0.15, -0.1) is 0 Å². The van der Waals surface area contributed by atoms with Crippen LogP contribution in [0.25, 0.3) is 0 Å². The van der Waals surface area contributed by atoms with E-state index in [0.29, 0.717) is 23.3 Å². The highest BCUT2D eigenvalue weighted by Gasteiger charge is 2.59. The lowest BCUT2D eigenvalue weighted by Crippen LogP contribution is -2.51. The summed E-state index contributed by atoms with van der Waals surface area (Å²) in [6.45, 7) is 6.36. The van der Waals surface area contributed by atoms with Crippen molar-refractivity contribution in [2.75, 3.05) is 0 Å². The van der Waals surface area contributed by atoms with Gasteiger partial charge in [0.25, 0.3) is 0 Å². The van der Waals surface area contributed by atoms with Gasteiger partial charge in [0.05, 0.1) is 5.56 Å². The van der Waals surface area contributed by atoms with Crippen LogP contribution in [0.15, 0.2) is 42.0 Å². The zero-order valence-corrected chi connectivity index (χ0v) is 19.6. The lowest BCUT2D eigenvalue weighted by Gasteiger charge is -2.57. The van der Waals surface area contributed by atoms with Crippen molar-refractivity contribution in [2.24, 2.45) is 28.6 Å². The SMILES string of the molecule is CC(=O)O[C@@H]1CC[C@@]2(C)C(=CC[C@H]3[C@H]2CC[C@]2(C)[C@@H](OC(=O)c4ccccc4)CC[C@@H]32)C1. The fourth-order valence-corrected chi connectivity index (χ4v) is 7.88. The Balaban J connectivity index is 1.33. The summed E-state index contributed by atoms with van der Waals surface area (Å²) < 4.78 is 11.7. The maximum atomic E-state index is 12.8. The van der Waals surface area contributed by atoms with Gasteiger partial charge in [0, 0.05) is 18.8 Å². The van der Waals surface area contributed by atoms with Gasteiger partial charge in [-0.25, -0.2) is 4.79 Å². The number of carbonyl (C=O) groups excluding carboxylic acids is 2. The fraction of sp³-hybridized carbons (Fsp3) is 0.643. The molecule has 0 saturated heterocycles. The van der Waals surface area contributed by atoms with E-state index in [1.807, 2.05) is 30.3 Å². The van der Waals surface area contributed by atoms with Crippen molar-refractivity contribution in [3.63, 3.8) is 0 Å². The molecule has 172 valence electrons. The summed E-state index contributed by atoms with van der Waals surface area (Å²) in [4.78, 5) is 24.2. The molecular formula is C28H36O4. The molecule has 0 radical (unpaired) electrons. The summed E-state index contributed by atoms with van der Waals surface area (Å²) in [5.74, 6) is 1.61. The Hall–Kier alpha value is -2.10. The van der Waals surface area contributed by atoms with Crippen molar-refractivity contribution < 1.29 is 19.1 Å². The van der Waals surface area contributed by atoms with Gasteiger partial charge in [-0.05, 0) is 80.2 Å². The number of fused-ring (bicyclic) bond motifs is 5. The second kappa shape index (κ2) is 8.04. The van der Waals surface area contributed by atoms with Gasteiger partial charge in [-0.2, -0.15) is 0 Å². The summed E-state index contributed by atoms with van der Waals surface area (Å²) in [6.07, 6.45) is 11.1. The van der Waals surface area contributed by atoms with Gasteiger partial charge in [0.1, 0.15) is 12.2 Å². The average molecular weight is 437 g/mol. The first kappa shape index (κ1) is 21.7. The maximum absolute atomic E-state index is 12.8. The molecule has 0 N–H and O–H groups in total. The molecule has 1 aromatic rings. The van der Waals surface area contributed by atoms with E-state index in [1.54, 1.807) is 0 Å². The summed E-state index contributed by atoms with van der Waals surface area (Å²) in [7, 11) is 0. The van der Waals surface area contributed by atoms with Crippen molar-refractivity contribution >= 4 is 11.9 Å². The number of benzene rings is 1. The van der Waals surface area contributed by atoms with Crippen molar-refractivity contribution in [1.29, 1.82) is 0 Å². The van der Waals surface area contributed by atoms with E-state index in [0.717, 1.165) is 44.9 Å². The Morgan fingerprint density at radius 2 is 1.72 bits per heavy atom. The fourth-order valence-electron chi connectivity index (χ4n) is 7.88. The minimum atomic E-state index is -0.179.